The Morgan fingerprint density at radius 1 is 1.77 bits per heavy atom. The molecule has 0 unspecified atom stereocenters. The molecule has 0 aromatic carbocycles. The second-order valence-electron chi connectivity index (χ2n) is 2.50. The van der Waals surface area contributed by atoms with Gasteiger partial charge in [-0.05, 0) is 34.5 Å². The zero-order valence-electron chi connectivity index (χ0n) is 7.04. The number of hydrogen-bond donors (Lipinski definition) is 1. The molecule has 0 radical (unpaired) electrons. The summed E-state index contributed by atoms with van der Waals surface area (Å²) in [5.74, 6) is -0.985. The number of carbonyl (C=O) groups is 1. The molecule has 68 valence electrons. The average molecular weight is 242 g/mol. The average Bonchev–Trinajstić information content (AvgIpc) is 2.08. The number of pyridine rings is 1. The monoisotopic (exact) mass is 241 g/mol. The molecule has 0 saturated carbocycles. The number of halogens is 1. The predicted molar refractivity (Wildman–Crippen MR) is 53.7 cm³/mol. The lowest BCUT2D eigenvalue weighted by atomic mass is 10.1. The van der Waals surface area contributed by atoms with E-state index in [1.807, 2.05) is 0 Å². The van der Waals surface area contributed by atoms with Gasteiger partial charge in [-0.15, -0.1) is 0 Å². The van der Waals surface area contributed by atoms with E-state index < -0.39 is 5.97 Å². The molecule has 0 aliphatic carbocycles. The quantitative estimate of drug-likeness (QED) is 0.866. The molecule has 1 aromatic rings. The Balaban J connectivity index is 3.50. The minimum Gasteiger partial charge on any atom is -0.478 e. The molecule has 0 spiro atoms. The zero-order valence-corrected chi connectivity index (χ0v) is 8.63. The number of carboxylic acids is 1. The van der Waals surface area contributed by atoms with Gasteiger partial charge in [0.2, 0.25) is 0 Å². The van der Waals surface area contributed by atoms with E-state index in [1.54, 1.807) is 13.1 Å². The first-order chi connectivity index (χ1) is 6.07. The number of aromatic carboxylic acids is 1. The first-order valence-electron chi connectivity index (χ1n) is 3.58. The molecule has 13 heavy (non-hydrogen) atoms. The SMILES string of the molecule is C=Cc1ncc(Br)c(C)c1C(=O)O. The van der Waals surface area contributed by atoms with Crippen molar-refractivity contribution < 1.29 is 9.90 Å². The minimum absolute atomic E-state index is 0.198. The summed E-state index contributed by atoms with van der Waals surface area (Å²) in [6, 6.07) is 0. The third-order valence-corrected chi connectivity index (χ3v) is 2.51. The largest absolute Gasteiger partial charge is 0.478 e. The molecule has 0 fully saturated rings. The van der Waals surface area contributed by atoms with Gasteiger partial charge in [0, 0.05) is 10.7 Å². The smallest absolute Gasteiger partial charge is 0.338 e. The maximum Gasteiger partial charge on any atom is 0.338 e. The lowest BCUT2D eigenvalue weighted by molar-refractivity contribution is 0.0695. The van der Waals surface area contributed by atoms with E-state index in [9.17, 15) is 4.79 Å². The van der Waals surface area contributed by atoms with Gasteiger partial charge in [-0.3, -0.25) is 4.98 Å². The summed E-state index contributed by atoms with van der Waals surface area (Å²) in [6.45, 7) is 5.23. The molecular formula is C9H8BrNO2. The van der Waals surface area contributed by atoms with Crippen LogP contribution < -0.4 is 0 Å². The van der Waals surface area contributed by atoms with E-state index >= 15 is 0 Å². The van der Waals surface area contributed by atoms with Crippen LogP contribution in [0.15, 0.2) is 17.2 Å². The summed E-state index contributed by atoms with van der Waals surface area (Å²) in [5.41, 5.74) is 1.26. The van der Waals surface area contributed by atoms with Crippen molar-refractivity contribution in [2.45, 2.75) is 6.92 Å². The fourth-order valence-corrected chi connectivity index (χ4v) is 1.32. The second-order valence-corrected chi connectivity index (χ2v) is 3.35. The molecule has 0 bridgehead atoms. The third kappa shape index (κ3) is 1.78. The van der Waals surface area contributed by atoms with Crippen molar-refractivity contribution in [2.24, 2.45) is 0 Å². The van der Waals surface area contributed by atoms with Gasteiger partial charge in [0.05, 0.1) is 11.3 Å². The molecule has 0 atom stereocenters. The predicted octanol–water partition coefficient (Wildman–Crippen LogP) is 2.49. The molecule has 1 rings (SSSR count). The lowest BCUT2D eigenvalue weighted by Gasteiger charge is -2.05. The van der Waals surface area contributed by atoms with Gasteiger partial charge in [0.25, 0.3) is 0 Å². The second kappa shape index (κ2) is 3.70. The van der Waals surface area contributed by atoms with Gasteiger partial charge in [0.15, 0.2) is 0 Å². The van der Waals surface area contributed by atoms with Crippen LogP contribution in [0.25, 0.3) is 6.08 Å². The van der Waals surface area contributed by atoms with Gasteiger partial charge in [0.1, 0.15) is 0 Å². The first kappa shape index (κ1) is 9.92. The molecule has 4 heteroatoms. The van der Waals surface area contributed by atoms with Crippen LogP contribution in [0.4, 0.5) is 0 Å². The van der Waals surface area contributed by atoms with Gasteiger partial charge in [-0.2, -0.15) is 0 Å². The highest BCUT2D eigenvalue weighted by Crippen LogP contribution is 2.21. The Hall–Kier alpha value is -1.16. The van der Waals surface area contributed by atoms with E-state index in [0.717, 1.165) is 0 Å². The van der Waals surface area contributed by atoms with Crippen molar-refractivity contribution in [3.63, 3.8) is 0 Å². The van der Waals surface area contributed by atoms with Crippen molar-refractivity contribution in [3.8, 4) is 0 Å². The van der Waals surface area contributed by atoms with Crippen LogP contribution in [0.1, 0.15) is 21.6 Å². The third-order valence-electron chi connectivity index (χ3n) is 1.71. The van der Waals surface area contributed by atoms with Crippen molar-refractivity contribution in [1.29, 1.82) is 0 Å². The van der Waals surface area contributed by atoms with Gasteiger partial charge in [-0.1, -0.05) is 6.58 Å². The zero-order chi connectivity index (χ0) is 10.0. The summed E-state index contributed by atoms with van der Waals surface area (Å²) in [7, 11) is 0. The van der Waals surface area contributed by atoms with E-state index in [0.29, 0.717) is 15.7 Å². The number of rotatable bonds is 2. The van der Waals surface area contributed by atoms with Crippen LogP contribution in [-0.2, 0) is 0 Å². The summed E-state index contributed by atoms with van der Waals surface area (Å²) in [4.78, 5) is 14.8. The maximum absolute atomic E-state index is 10.8. The van der Waals surface area contributed by atoms with E-state index in [-0.39, 0.29) is 5.56 Å². The van der Waals surface area contributed by atoms with Crippen molar-refractivity contribution in [1.82, 2.24) is 4.98 Å². The van der Waals surface area contributed by atoms with Crippen LogP contribution in [0.2, 0.25) is 0 Å². The van der Waals surface area contributed by atoms with Gasteiger partial charge in [-0.25, -0.2) is 4.79 Å². The van der Waals surface area contributed by atoms with Crippen LogP contribution >= 0.6 is 15.9 Å². The number of carboxylic acid groups (broad SMARTS) is 1. The molecule has 1 aromatic heterocycles. The van der Waals surface area contributed by atoms with E-state index in [2.05, 4.69) is 27.5 Å². The molecule has 0 aliphatic heterocycles. The molecule has 1 N–H and O–H groups in total. The summed E-state index contributed by atoms with van der Waals surface area (Å²) in [6.07, 6.45) is 3.00. The van der Waals surface area contributed by atoms with Crippen LogP contribution in [0.3, 0.4) is 0 Å². The number of aromatic nitrogens is 1. The topological polar surface area (TPSA) is 50.2 Å². The Morgan fingerprint density at radius 2 is 2.38 bits per heavy atom. The summed E-state index contributed by atoms with van der Waals surface area (Å²) < 4.78 is 0.690. The highest BCUT2D eigenvalue weighted by molar-refractivity contribution is 9.10. The molecule has 1 heterocycles. The van der Waals surface area contributed by atoms with Crippen LogP contribution in [0, 0.1) is 6.92 Å². The Bertz CT molecular complexity index is 374. The van der Waals surface area contributed by atoms with Crippen molar-refractivity contribution in [3.05, 3.63) is 34.1 Å². The van der Waals surface area contributed by atoms with E-state index in [1.165, 1.54) is 6.08 Å². The molecule has 0 aliphatic rings. The normalized spacial score (nSPS) is 9.69. The highest BCUT2D eigenvalue weighted by atomic mass is 79.9. The molecular weight excluding hydrogens is 234 g/mol. The standard InChI is InChI=1S/C9H8BrNO2/c1-3-7-8(9(12)13)5(2)6(10)4-11-7/h3-4H,1H2,2H3,(H,12,13). The fourth-order valence-electron chi connectivity index (χ4n) is 1.02. The Kier molecular flexibility index (Phi) is 2.83. The Labute approximate surface area is 84.2 Å². The summed E-state index contributed by atoms with van der Waals surface area (Å²) >= 11 is 3.22. The Morgan fingerprint density at radius 3 is 2.85 bits per heavy atom. The number of nitrogens with zero attached hydrogens (tertiary/aromatic N) is 1. The fraction of sp³-hybridized carbons (Fsp3) is 0.111. The maximum atomic E-state index is 10.8. The summed E-state index contributed by atoms with van der Waals surface area (Å²) in [5, 5.41) is 8.89. The van der Waals surface area contributed by atoms with Gasteiger partial charge < -0.3 is 5.11 Å². The van der Waals surface area contributed by atoms with Crippen LogP contribution in [-0.4, -0.2) is 16.1 Å². The lowest BCUT2D eigenvalue weighted by Crippen LogP contribution is -2.05. The van der Waals surface area contributed by atoms with Crippen molar-refractivity contribution in [2.75, 3.05) is 0 Å². The van der Waals surface area contributed by atoms with Crippen LogP contribution in [0.5, 0.6) is 0 Å². The van der Waals surface area contributed by atoms with Crippen molar-refractivity contribution >= 4 is 28.0 Å². The first-order valence-corrected chi connectivity index (χ1v) is 4.38. The molecule has 3 nitrogen and oxygen atoms in total. The highest BCUT2D eigenvalue weighted by Gasteiger charge is 2.14. The number of hydrogen-bond acceptors (Lipinski definition) is 2. The molecule has 0 amide bonds. The molecule has 0 saturated heterocycles. The minimum atomic E-state index is -0.985. The van der Waals surface area contributed by atoms with Gasteiger partial charge >= 0.3 is 5.97 Å². The van der Waals surface area contributed by atoms with E-state index in [4.69, 9.17) is 5.11 Å².